The number of H-pyrrole nitrogens is 1. The highest BCUT2D eigenvalue weighted by atomic mass is 32.2. The fraction of sp³-hybridized carbons (Fsp3) is 0.333. The number of aryl methyl sites for hydroxylation is 2. The number of nitrogens with zero attached hydrogens (tertiary/aromatic N) is 4. The van der Waals surface area contributed by atoms with Crippen molar-refractivity contribution in [2.24, 2.45) is 0 Å². The van der Waals surface area contributed by atoms with Gasteiger partial charge in [0.15, 0.2) is 0 Å². The molecule has 0 saturated carbocycles. The first-order chi connectivity index (χ1) is 7.56. The monoisotopic (exact) mass is 236 g/mol. The number of hydrogen-bond acceptors (Lipinski definition) is 6. The van der Waals surface area contributed by atoms with Gasteiger partial charge in [0.1, 0.15) is 22.5 Å². The SMILES string of the molecule is Cc1nc(N)c(C)c(Sc2n[nH]c(C)n2)n1. The highest BCUT2D eigenvalue weighted by Gasteiger charge is 2.10. The van der Waals surface area contributed by atoms with Crippen LogP contribution < -0.4 is 5.73 Å². The minimum atomic E-state index is 0.502. The Morgan fingerprint density at radius 3 is 2.50 bits per heavy atom. The number of nitrogens with one attached hydrogen (secondary N) is 1. The molecule has 0 aromatic carbocycles. The Labute approximate surface area is 97.1 Å². The molecule has 0 bridgehead atoms. The standard InChI is InChI=1S/C9H12N6S/c1-4-7(10)11-5(2)12-8(4)16-9-13-6(3)14-15-9/h1-3H3,(H2,10,11,12)(H,13,14,15). The molecule has 2 aromatic heterocycles. The van der Waals surface area contributed by atoms with E-state index >= 15 is 0 Å². The minimum absolute atomic E-state index is 0.502. The zero-order valence-electron chi connectivity index (χ0n) is 9.27. The minimum Gasteiger partial charge on any atom is -0.383 e. The Morgan fingerprint density at radius 1 is 1.12 bits per heavy atom. The molecule has 7 heteroatoms. The first kappa shape index (κ1) is 10.9. The van der Waals surface area contributed by atoms with Crippen molar-refractivity contribution in [3.8, 4) is 0 Å². The fourth-order valence-electron chi connectivity index (χ4n) is 1.18. The first-order valence-electron chi connectivity index (χ1n) is 4.74. The van der Waals surface area contributed by atoms with Gasteiger partial charge in [0.2, 0.25) is 5.16 Å². The number of hydrogen-bond donors (Lipinski definition) is 2. The molecule has 0 aliphatic carbocycles. The van der Waals surface area contributed by atoms with Crippen LogP contribution in [0.3, 0.4) is 0 Å². The third-order valence-corrected chi connectivity index (χ3v) is 2.97. The summed E-state index contributed by atoms with van der Waals surface area (Å²) in [5, 5.41) is 8.25. The largest absolute Gasteiger partial charge is 0.383 e. The zero-order chi connectivity index (χ0) is 11.7. The van der Waals surface area contributed by atoms with Gasteiger partial charge in [-0.2, -0.15) is 0 Å². The van der Waals surface area contributed by atoms with Gasteiger partial charge in [-0.1, -0.05) is 0 Å². The number of nitrogen functional groups attached to an aromatic ring is 1. The molecule has 0 spiro atoms. The molecule has 84 valence electrons. The molecule has 0 aliphatic heterocycles. The Kier molecular flexibility index (Phi) is 2.78. The molecule has 6 nitrogen and oxygen atoms in total. The van der Waals surface area contributed by atoms with Crippen LogP contribution in [0.15, 0.2) is 10.2 Å². The molecule has 0 atom stereocenters. The van der Waals surface area contributed by atoms with Gasteiger partial charge in [-0.05, 0) is 32.5 Å². The summed E-state index contributed by atoms with van der Waals surface area (Å²) in [4.78, 5) is 12.6. The summed E-state index contributed by atoms with van der Waals surface area (Å²) in [6.45, 7) is 5.54. The third kappa shape index (κ3) is 2.13. The highest BCUT2D eigenvalue weighted by Crippen LogP contribution is 2.27. The van der Waals surface area contributed by atoms with Gasteiger partial charge in [-0.15, -0.1) is 5.10 Å². The highest BCUT2D eigenvalue weighted by molar-refractivity contribution is 7.99. The molecule has 0 fully saturated rings. The van der Waals surface area contributed by atoms with Gasteiger partial charge < -0.3 is 5.73 Å². The van der Waals surface area contributed by atoms with Crippen LogP contribution in [0.1, 0.15) is 17.2 Å². The molecular formula is C9H12N6S. The average molecular weight is 236 g/mol. The number of aromatic amines is 1. The van der Waals surface area contributed by atoms with Crippen molar-refractivity contribution in [1.29, 1.82) is 0 Å². The van der Waals surface area contributed by atoms with Crippen molar-refractivity contribution < 1.29 is 0 Å². The van der Waals surface area contributed by atoms with E-state index in [1.54, 1.807) is 0 Å². The molecule has 0 amide bonds. The lowest BCUT2D eigenvalue weighted by Gasteiger charge is -2.05. The van der Waals surface area contributed by atoms with Gasteiger partial charge in [-0.3, -0.25) is 5.10 Å². The van der Waals surface area contributed by atoms with Gasteiger partial charge in [0.25, 0.3) is 0 Å². The topological polar surface area (TPSA) is 93.4 Å². The van der Waals surface area contributed by atoms with E-state index in [0.29, 0.717) is 16.8 Å². The summed E-state index contributed by atoms with van der Waals surface area (Å²) in [6.07, 6.45) is 0. The first-order valence-corrected chi connectivity index (χ1v) is 5.55. The van der Waals surface area contributed by atoms with E-state index in [4.69, 9.17) is 5.73 Å². The second kappa shape index (κ2) is 4.09. The summed E-state index contributed by atoms with van der Waals surface area (Å²) < 4.78 is 0. The maximum absolute atomic E-state index is 5.77. The summed E-state index contributed by atoms with van der Waals surface area (Å²) in [7, 11) is 0. The Bertz CT molecular complexity index is 521. The Morgan fingerprint density at radius 2 is 1.88 bits per heavy atom. The van der Waals surface area contributed by atoms with Crippen LogP contribution in [0, 0.1) is 20.8 Å². The molecule has 16 heavy (non-hydrogen) atoms. The normalized spacial score (nSPS) is 10.7. The van der Waals surface area contributed by atoms with Crippen molar-refractivity contribution >= 4 is 17.6 Å². The quantitative estimate of drug-likeness (QED) is 0.762. The molecule has 0 aliphatic rings. The Hall–Kier alpha value is -1.63. The van der Waals surface area contributed by atoms with E-state index in [0.717, 1.165) is 16.4 Å². The number of nitrogens with two attached hydrogens (primary N) is 1. The average Bonchev–Trinajstić information content (AvgIpc) is 2.60. The smallest absolute Gasteiger partial charge is 0.214 e. The van der Waals surface area contributed by atoms with Crippen molar-refractivity contribution in [3.63, 3.8) is 0 Å². The number of aromatic nitrogens is 5. The van der Waals surface area contributed by atoms with Crippen LogP contribution in [-0.4, -0.2) is 25.1 Å². The number of anilines is 1. The van der Waals surface area contributed by atoms with E-state index in [9.17, 15) is 0 Å². The molecule has 2 aromatic rings. The van der Waals surface area contributed by atoms with Crippen molar-refractivity contribution in [3.05, 3.63) is 17.2 Å². The number of rotatable bonds is 2. The van der Waals surface area contributed by atoms with E-state index in [1.165, 1.54) is 11.8 Å². The predicted molar refractivity (Wildman–Crippen MR) is 61.2 cm³/mol. The van der Waals surface area contributed by atoms with Crippen LogP contribution in [-0.2, 0) is 0 Å². The van der Waals surface area contributed by atoms with E-state index < -0.39 is 0 Å². The van der Waals surface area contributed by atoms with E-state index in [2.05, 4.69) is 25.1 Å². The molecule has 2 rings (SSSR count). The van der Waals surface area contributed by atoms with Crippen molar-refractivity contribution in [1.82, 2.24) is 25.1 Å². The summed E-state index contributed by atoms with van der Waals surface area (Å²) in [5.41, 5.74) is 6.63. The fourth-order valence-corrected chi connectivity index (χ4v) is 2.06. The van der Waals surface area contributed by atoms with Crippen LogP contribution in [0.5, 0.6) is 0 Å². The second-order valence-electron chi connectivity index (χ2n) is 3.39. The maximum Gasteiger partial charge on any atom is 0.214 e. The van der Waals surface area contributed by atoms with Gasteiger partial charge in [0, 0.05) is 5.56 Å². The lowest BCUT2D eigenvalue weighted by atomic mass is 10.3. The Balaban J connectivity index is 2.34. The van der Waals surface area contributed by atoms with Crippen LogP contribution >= 0.6 is 11.8 Å². The van der Waals surface area contributed by atoms with Crippen LogP contribution in [0.4, 0.5) is 5.82 Å². The van der Waals surface area contributed by atoms with Crippen LogP contribution in [0.25, 0.3) is 0 Å². The lowest BCUT2D eigenvalue weighted by molar-refractivity contribution is 0.928. The van der Waals surface area contributed by atoms with E-state index in [1.807, 2.05) is 20.8 Å². The molecule has 0 unspecified atom stereocenters. The van der Waals surface area contributed by atoms with E-state index in [-0.39, 0.29) is 0 Å². The molecular weight excluding hydrogens is 224 g/mol. The molecule has 3 N–H and O–H groups in total. The van der Waals surface area contributed by atoms with Crippen molar-refractivity contribution in [2.45, 2.75) is 31.0 Å². The van der Waals surface area contributed by atoms with Crippen LogP contribution in [0.2, 0.25) is 0 Å². The summed E-state index contributed by atoms with van der Waals surface area (Å²) in [5.74, 6) is 1.93. The van der Waals surface area contributed by atoms with Gasteiger partial charge in [0.05, 0.1) is 0 Å². The van der Waals surface area contributed by atoms with Gasteiger partial charge in [-0.25, -0.2) is 15.0 Å². The van der Waals surface area contributed by atoms with Crippen molar-refractivity contribution in [2.75, 3.05) is 5.73 Å². The summed E-state index contributed by atoms with van der Waals surface area (Å²) >= 11 is 1.38. The zero-order valence-corrected chi connectivity index (χ0v) is 10.1. The maximum atomic E-state index is 5.77. The summed E-state index contributed by atoms with van der Waals surface area (Å²) in [6, 6.07) is 0. The third-order valence-electron chi connectivity index (χ3n) is 2.02. The van der Waals surface area contributed by atoms with Gasteiger partial charge >= 0.3 is 0 Å². The second-order valence-corrected chi connectivity index (χ2v) is 4.35. The predicted octanol–water partition coefficient (Wildman–Crippen LogP) is 1.25. The molecule has 2 heterocycles. The molecule has 0 radical (unpaired) electrons. The molecule has 0 saturated heterocycles. The lowest BCUT2D eigenvalue weighted by Crippen LogP contribution is -2.01.